The van der Waals surface area contributed by atoms with Gasteiger partial charge in [-0.05, 0) is 19.4 Å². The first kappa shape index (κ1) is 14.1. The molecule has 6 heteroatoms. The molecule has 0 bridgehead atoms. The van der Waals surface area contributed by atoms with Crippen LogP contribution < -0.4 is 5.73 Å². The minimum absolute atomic E-state index is 0.120. The van der Waals surface area contributed by atoms with E-state index in [-0.39, 0.29) is 28.7 Å². The fourth-order valence-corrected chi connectivity index (χ4v) is 2.32. The lowest BCUT2D eigenvalue weighted by Crippen LogP contribution is -2.09. The van der Waals surface area contributed by atoms with Crippen LogP contribution in [0.3, 0.4) is 0 Å². The van der Waals surface area contributed by atoms with Gasteiger partial charge in [0.1, 0.15) is 9.88 Å². The Morgan fingerprint density at radius 1 is 1.39 bits per heavy atom. The lowest BCUT2D eigenvalue weighted by atomic mass is 10.1. The quantitative estimate of drug-likeness (QED) is 0.662. The van der Waals surface area contributed by atoms with E-state index in [9.17, 15) is 9.59 Å². The zero-order chi connectivity index (χ0) is 13.7. The van der Waals surface area contributed by atoms with Crippen molar-refractivity contribution >= 4 is 28.3 Å². The second kappa shape index (κ2) is 6.07. The van der Waals surface area contributed by atoms with Crippen LogP contribution >= 0.6 is 11.3 Å². The third-order valence-corrected chi connectivity index (χ3v) is 3.23. The maximum absolute atomic E-state index is 11.7. The van der Waals surface area contributed by atoms with Crippen molar-refractivity contribution < 1.29 is 19.1 Å². The topological polar surface area (TPSA) is 78.6 Å². The number of rotatable bonds is 4. The maximum Gasteiger partial charge on any atom is 0.349 e. The first-order valence-corrected chi connectivity index (χ1v) is 6.01. The standard InChI is InChI=1S/C12H13NO4S/c1-4-6-17-12(15)9-7(3)8(10(13)18-9)11(14)16-5-2/h1H,5-6,13H2,2-3H3. The molecule has 5 nitrogen and oxygen atoms in total. The predicted octanol–water partition coefficient (Wildman–Crippen LogP) is 1.61. The number of nitrogen functional groups attached to an aromatic ring is 1. The smallest absolute Gasteiger partial charge is 0.349 e. The molecule has 0 unspecified atom stereocenters. The van der Waals surface area contributed by atoms with Crippen molar-refractivity contribution in [1.29, 1.82) is 0 Å². The molecule has 1 rings (SSSR count). The van der Waals surface area contributed by atoms with Crippen molar-refractivity contribution in [2.45, 2.75) is 13.8 Å². The highest BCUT2D eigenvalue weighted by atomic mass is 32.1. The molecule has 0 atom stereocenters. The van der Waals surface area contributed by atoms with Crippen molar-refractivity contribution in [3.8, 4) is 12.3 Å². The highest BCUT2D eigenvalue weighted by Gasteiger charge is 2.24. The molecule has 0 aliphatic rings. The van der Waals surface area contributed by atoms with E-state index in [1.54, 1.807) is 13.8 Å². The third kappa shape index (κ3) is 2.81. The summed E-state index contributed by atoms with van der Waals surface area (Å²) in [4.78, 5) is 23.6. The second-order valence-electron chi connectivity index (χ2n) is 3.30. The summed E-state index contributed by atoms with van der Waals surface area (Å²) in [6, 6.07) is 0. The normalized spacial score (nSPS) is 9.61. The number of carbonyl (C=O) groups is 2. The number of esters is 2. The molecule has 96 valence electrons. The summed E-state index contributed by atoms with van der Waals surface area (Å²) >= 11 is 0.988. The number of nitrogens with two attached hydrogens (primary N) is 1. The number of anilines is 1. The van der Waals surface area contributed by atoms with Crippen LogP contribution in [0.15, 0.2) is 0 Å². The Kier molecular flexibility index (Phi) is 4.75. The lowest BCUT2D eigenvalue weighted by Gasteiger charge is -2.02. The molecule has 2 N–H and O–H groups in total. The molecule has 1 aromatic heterocycles. The Balaban J connectivity index is 3.04. The minimum Gasteiger partial charge on any atom is -0.462 e. The van der Waals surface area contributed by atoms with Gasteiger partial charge in [-0.1, -0.05) is 5.92 Å². The Labute approximate surface area is 109 Å². The van der Waals surface area contributed by atoms with Gasteiger partial charge in [-0.25, -0.2) is 9.59 Å². The Morgan fingerprint density at radius 2 is 2.06 bits per heavy atom. The van der Waals surface area contributed by atoms with Crippen LogP contribution in [0.5, 0.6) is 0 Å². The number of ether oxygens (including phenoxy) is 2. The van der Waals surface area contributed by atoms with Crippen LogP contribution in [-0.4, -0.2) is 25.2 Å². The number of carbonyl (C=O) groups excluding carboxylic acids is 2. The molecular formula is C12H13NO4S. The highest BCUT2D eigenvalue weighted by Crippen LogP contribution is 2.31. The molecule has 0 aliphatic heterocycles. The predicted molar refractivity (Wildman–Crippen MR) is 68.5 cm³/mol. The van der Waals surface area contributed by atoms with Crippen LogP contribution in [0.4, 0.5) is 5.00 Å². The molecule has 18 heavy (non-hydrogen) atoms. The van der Waals surface area contributed by atoms with Crippen molar-refractivity contribution in [2.75, 3.05) is 18.9 Å². The fourth-order valence-electron chi connectivity index (χ4n) is 1.36. The second-order valence-corrected chi connectivity index (χ2v) is 4.35. The molecule has 0 fully saturated rings. The molecule has 1 heterocycles. The summed E-state index contributed by atoms with van der Waals surface area (Å²) < 4.78 is 9.66. The first-order valence-electron chi connectivity index (χ1n) is 5.19. The van der Waals surface area contributed by atoms with Crippen molar-refractivity contribution in [3.63, 3.8) is 0 Å². The van der Waals surface area contributed by atoms with E-state index >= 15 is 0 Å². The molecule has 0 saturated heterocycles. The van der Waals surface area contributed by atoms with Crippen LogP contribution in [0.25, 0.3) is 0 Å². The molecule has 0 aromatic carbocycles. The molecule has 0 aliphatic carbocycles. The van der Waals surface area contributed by atoms with E-state index in [2.05, 4.69) is 5.92 Å². The zero-order valence-electron chi connectivity index (χ0n) is 10.1. The van der Waals surface area contributed by atoms with Crippen molar-refractivity contribution in [2.24, 2.45) is 0 Å². The average molecular weight is 267 g/mol. The van der Waals surface area contributed by atoms with Gasteiger partial charge < -0.3 is 15.2 Å². The summed E-state index contributed by atoms with van der Waals surface area (Å²) in [5.41, 5.74) is 6.38. The summed E-state index contributed by atoms with van der Waals surface area (Å²) in [5.74, 6) is 1.06. The van der Waals surface area contributed by atoms with Gasteiger partial charge in [0.15, 0.2) is 6.61 Å². The first-order chi connectivity index (χ1) is 8.52. The number of hydrogen-bond donors (Lipinski definition) is 1. The SMILES string of the molecule is C#CCOC(=O)c1sc(N)c(C(=O)OCC)c1C. The van der Waals surface area contributed by atoms with Gasteiger partial charge in [-0.15, -0.1) is 17.8 Å². The fraction of sp³-hybridized carbons (Fsp3) is 0.333. The van der Waals surface area contributed by atoms with Crippen LogP contribution in [0.1, 0.15) is 32.5 Å². The van der Waals surface area contributed by atoms with Gasteiger partial charge >= 0.3 is 11.9 Å². The van der Waals surface area contributed by atoms with E-state index < -0.39 is 11.9 Å². The van der Waals surface area contributed by atoms with E-state index in [1.165, 1.54) is 0 Å². The van der Waals surface area contributed by atoms with Crippen LogP contribution in [0, 0.1) is 19.3 Å². The van der Waals surface area contributed by atoms with Gasteiger partial charge in [0, 0.05) is 0 Å². The zero-order valence-corrected chi connectivity index (χ0v) is 10.9. The number of hydrogen-bond acceptors (Lipinski definition) is 6. The number of thiophene rings is 1. The third-order valence-electron chi connectivity index (χ3n) is 2.13. The van der Waals surface area contributed by atoms with Crippen LogP contribution in [0.2, 0.25) is 0 Å². The van der Waals surface area contributed by atoms with E-state index in [4.69, 9.17) is 21.6 Å². The largest absolute Gasteiger partial charge is 0.462 e. The summed E-state index contributed by atoms with van der Waals surface area (Å²) in [5, 5.41) is 0.235. The van der Waals surface area contributed by atoms with Gasteiger partial charge in [-0.2, -0.15) is 0 Å². The Morgan fingerprint density at radius 3 is 2.61 bits per heavy atom. The van der Waals surface area contributed by atoms with Crippen molar-refractivity contribution in [1.82, 2.24) is 0 Å². The monoisotopic (exact) mass is 267 g/mol. The maximum atomic E-state index is 11.7. The van der Waals surface area contributed by atoms with Gasteiger partial charge in [-0.3, -0.25) is 0 Å². The average Bonchev–Trinajstić information content (AvgIpc) is 2.62. The number of terminal acetylenes is 1. The molecule has 1 aromatic rings. The summed E-state index contributed by atoms with van der Waals surface area (Å²) in [6.07, 6.45) is 4.99. The van der Waals surface area contributed by atoms with Crippen LogP contribution in [-0.2, 0) is 9.47 Å². The van der Waals surface area contributed by atoms with E-state index in [0.717, 1.165) is 11.3 Å². The Bertz CT molecular complexity index is 513. The van der Waals surface area contributed by atoms with E-state index in [1.807, 2.05) is 0 Å². The highest BCUT2D eigenvalue weighted by molar-refractivity contribution is 7.18. The molecular weight excluding hydrogens is 254 g/mol. The van der Waals surface area contributed by atoms with Gasteiger partial charge in [0.25, 0.3) is 0 Å². The van der Waals surface area contributed by atoms with Gasteiger partial charge in [0.2, 0.25) is 0 Å². The van der Waals surface area contributed by atoms with Gasteiger partial charge in [0.05, 0.1) is 12.2 Å². The summed E-state index contributed by atoms with van der Waals surface area (Å²) in [7, 11) is 0. The molecule has 0 amide bonds. The van der Waals surface area contributed by atoms with Crippen molar-refractivity contribution in [3.05, 3.63) is 16.0 Å². The molecule has 0 radical (unpaired) electrons. The van der Waals surface area contributed by atoms with E-state index in [0.29, 0.717) is 5.56 Å². The Hall–Kier alpha value is -2.00. The lowest BCUT2D eigenvalue weighted by molar-refractivity contribution is 0.0527. The molecule has 0 spiro atoms. The summed E-state index contributed by atoms with van der Waals surface area (Å²) in [6.45, 7) is 3.43. The molecule has 0 saturated carbocycles. The minimum atomic E-state index is -0.585.